The minimum Gasteiger partial charge on any atom is -0.319 e. The summed E-state index contributed by atoms with van der Waals surface area (Å²) in [6, 6.07) is 14.9. The number of carbonyl (C=O) groups is 1. The minimum atomic E-state index is -0.393. The second kappa shape index (κ2) is 7.09. The Balaban J connectivity index is 1.72. The van der Waals surface area contributed by atoms with Crippen molar-refractivity contribution in [1.29, 1.82) is 0 Å². The van der Waals surface area contributed by atoms with Crippen LogP contribution in [0.5, 0.6) is 0 Å². The zero-order valence-corrected chi connectivity index (χ0v) is 16.5. The number of amides is 1. The molecule has 0 atom stereocenters. The molecule has 134 valence electrons. The number of aromatic nitrogens is 4. The number of aryl methyl sites for hydroxylation is 1. The van der Waals surface area contributed by atoms with Gasteiger partial charge in [-0.3, -0.25) is 4.79 Å². The average molecular weight is 443 g/mol. The van der Waals surface area contributed by atoms with E-state index in [9.17, 15) is 4.79 Å². The summed E-state index contributed by atoms with van der Waals surface area (Å²) in [7, 11) is 0. The Morgan fingerprint density at radius 3 is 2.59 bits per heavy atom. The lowest BCUT2D eigenvalue weighted by atomic mass is 10.1. The predicted octanol–water partition coefficient (Wildman–Crippen LogP) is 4.77. The van der Waals surface area contributed by atoms with E-state index in [2.05, 4.69) is 36.5 Å². The first-order chi connectivity index (χ1) is 13.0. The fourth-order valence-electron chi connectivity index (χ4n) is 2.74. The van der Waals surface area contributed by atoms with Crippen LogP contribution in [0.1, 0.15) is 16.2 Å². The van der Waals surface area contributed by atoms with E-state index in [0.717, 1.165) is 15.6 Å². The number of benzene rings is 2. The van der Waals surface area contributed by atoms with E-state index >= 15 is 0 Å². The van der Waals surface area contributed by atoms with Crippen LogP contribution in [0.25, 0.3) is 16.8 Å². The molecule has 1 N–H and O–H groups in total. The minimum absolute atomic E-state index is 0.188. The molecule has 0 aliphatic carbocycles. The molecule has 0 unspecified atom stereocenters. The van der Waals surface area contributed by atoms with Crippen molar-refractivity contribution >= 4 is 44.8 Å². The maximum atomic E-state index is 12.6. The summed E-state index contributed by atoms with van der Waals surface area (Å²) in [5, 5.41) is 16.0. The summed E-state index contributed by atoms with van der Waals surface area (Å²) in [5.41, 5.74) is 3.69. The standard InChI is InChI=1S/C19H13BrClN5O/c1-11-17(19(27)23-16-5-3-2-4-15(16)21)24-25-18-14(10-22-26(11)18)12-6-8-13(20)9-7-12/h2-10H,1H3,(H,23,27). The number of carbonyl (C=O) groups excluding carboxylic acids is 1. The van der Waals surface area contributed by atoms with Crippen LogP contribution in [0.4, 0.5) is 5.69 Å². The molecular formula is C19H13BrClN5O. The van der Waals surface area contributed by atoms with Gasteiger partial charge in [-0.25, -0.2) is 4.52 Å². The van der Waals surface area contributed by atoms with E-state index in [1.54, 1.807) is 41.9 Å². The van der Waals surface area contributed by atoms with Crippen molar-refractivity contribution < 1.29 is 4.79 Å². The van der Waals surface area contributed by atoms with Crippen molar-refractivity contribution in [3.8, 4) is 11.1 Å². The molecule has 0 saturated heterocycles. The van der Waals surface area contributed by atoms with Gasteiger partial charge in [0.25, 0.3) is 5.91 Å². The van der Waals surface area contributed by atoms with Crippen molar-refractivity contribution in [2.45, 2.75) is 6.92 Å². The van der Waals surface area contributed by atoms with Gasteiger partial charge in [0.05, 0.1) is 22.6 Å². The first kappa shape index (κ1) is 17.6. The summed E-state index contributed by atoms with van der Waals surface area (Å²) < 4.78 is 2.61. The predicted molar refractivity (Wildman–Crippen MR) is 108 cm³/mol. The maximum absolute atomic E-state index is 12.6. The second-order valence-electron chi connectivity index (χ2n) is 5.87. The summed E-state index contributed by atoms with van der Waals surface area (Å²) in [4.78, 5) is 12.6. The number of para-hydroxylation sites is 1. The van der Waals surface area contributed by atoms with Gasteiger partial charge in [-0.1, -0.05) is 51.8 Å². The normalized spacial score (nSPS) is 10.9. The highest BCUT2D eigenvalue weighted by atomic mass is 79.9. The largest absolute Gasteiger partial charge is 0.319 e. The number of rotatable bonds is 3. The molecule has 2 heterocycles. The van der Waals surface area contributed by atoms with Crippen LogP contribution in [0.15, 0.2) is 59.2 Å². The van der Waals surface area contributed by atoms with Crippen molar-refractivity contribution in [2.75, 3.05) is 5.32 Å². The number of fused-ring (bicyclic) bond motifs is 1. The van der Waals surface area contributed by atoms with Crippen LogP contribution in [-0.2, 0) is 0 Å². The van der Waals surface area contributed by atoms with Crippen molar-refractivity contribution in [3.05, 3.63) is 75.6 Å². The van der Waals surface area contributed by atoms with Crippen LogP contribution >= 0.6 is 27.5 Å². The molecule has 0 radical (unpaired) electrons. The Labute approximate surface area is 168 Å². The third-order valence-electron chi connectivity index (χ3n) is 4.14. The fraction of sp³-hybridized carbons (Fsp3) is 0.0526. The first-order valence-corrected chi connectivity index (χ1v) is 9.24. The summed E-state index contributed by atoms with van der Waals surface area (Å²) in [6.45, 7) is 1.78. The van der Waals surface area contributed by atoms with Crippen LogP contribution in [0, 0.1) is 6.92 Å². The Morgan fingerprint density at radius 2 is 1.85 bits per heavy atom. The molecule has 1 amide bonds. The van der Waals surface area contributed by atoms with Gasteiger partial charge in [-0.2, -0.15) is 5.10 Å². The molecular weight excluding hydrogens is 430 g/mol. The second-order valence-corrected chi connectivity index (χ2v) is 7.19. The van der Waals surface area contributed by atoms with Crippen LogP contribution in [0.2, 0.25) is 5.02 Å². The average Bonchev–Trinajstić information content (AvgIpc) is 3.09. The molecule has 0 bridgehead atoms. The molecule has 4 aromatic rings. The van der Waals surface area contributed by atoms with Crippen molar-refractivity contribution in [3.63, 3.8) is 0 Å². The molecule has 27 heavy (non-hydrogen) atoms. The number of halogens is 2. The van der Waals surface area contributed by atoms with Gasteiger partial charge in [-0.05, 0) is 36.8 Å². The molecule has 0 aliphatic rings. The molecule has 0 spiro atoms. The van der Waals surface area contributed by atoms with Gasteiger partial charge in [0.1, 0.15) is 0 Å². The number of hydrogen-bond acceptors (Lipinski definition) is 4. The van der Waals surface area contributed by atoms with Crippen LogP contribution in [0.3, 0.4) is 0 Å². The van der Waals surface area contributed by atoms with E-state index in [1.165, 1.54) is 0 Å². The molecule has 0 saturated carbocycles. The quantitative estimate of drug-likeness (QED) is 0.496. The molecule has 8 heteroatoms. The van der Waals surface area contributed by atoms with Crippen LogP contribution < -0.4 is 5.32 Å². The number of nitrogens with zero attached hydrogens (tertiary/aromatic N) is 4. The Hall–Kier alpha value is -2.77. The molecule has 0 fully saturated rings. The number of hydrogen-bond donors (Lipinski definition) is 1. The number of anilines is 1. The molecule has 4 rings (SSSR count). The van der Waals surface area contributed by atoms with Crippen molar-refractivity contribution in [1.82, 2.24) is 19.8 Å². The summed E-state index contributed by atoms with van der Waals surface area (Å²) in [6.07, 6.45) is 1.72. The highest BCUT2D eigenvalue weighted by Gasteiger charge is 2.18. The number of nitrogens with one attached hydrogen (secondary N) is 1. The van der Waals surface area contributed by atoms with E-state index < -0.39 is 5.91 Å². The summed E-state index contributed by atoms with van der Waals surface area (Å²) >= 11 is 9.53. The Kier molecular flexibility index (Phi) is 4.63. The van der Waals surface area contributed by atoms with Gasteiger partial charge in [0, 0.05) is 10.0 Å². The third kappa shape index (κ3) is 3.31. The maximum Gasteiger partial charge on any atom is 0.278 e. The molecule has 2 aromatic carbocycles. The highest BCUT2D eigenvalue weighted by molar-refractivity contribution is 9.10. The molecule has 2 aromatic heterocycles. The fourth-order valence-corrected chi connectivity index (χ4v) is 3.19. The SMILES string of the molecule is Cc1c(C(=O)Nc2ccccc2Cl)nnc2c(-c3ccc(Br)cc3)cnn12. The van der Waals surface area contributed by atoms with E-state index in [-0.39, 0.29) is 5.69 Å². The Morgan fingerprint density at radius 1 is 1.11 bits per heavy atom. The lowest BCUT2D eigenvalue weighted by molar-refractivity contribution is 0.102. The lowest BCUT2D eigenvalue weighted by Gasteiger charge is -2.09. The highest BCUT2D eigenvalue weighted by Crippen LogP contribution is 2.26. The zero-order chi connectivity index (χ0) is 19.0. The third-order valence-corrected chi connectivity index (χ3v) is 5.00. The molecule has 6 nitrogen and oxygen atoms in total. The van der Waals surface area contributed by atoms with Gasteiger partial charge >= 0.3 is 0 Å². The zero-order valence-electron chi connectivity index (χ0n) is 14.1. The van der Waals surface area contributed by atoms with E-state index in [0.29, 0.717) is 22.1 Å². The van der Waals surface area contributed by atoms with Gasteiger partial charge in [0.15, 0.2) is 11.3 Å². The van der Waals surface area contributed by atoms with E-state index in [4.69, 9.17) is 11.6 Å². The monoisotopic (exact) mass is 441 g/mol. The summed E-state index contributed by atoms with van der Waals surface area (Å²) in [5.74, 6) is -0.393. The van der Waals surface area contributed by atoms with Crippen LogP contribution in [-0.4, -0.2) is 25.7 Å². The lowest BCUT2D eigenvalue weighted by Crippen LogP contribution is -2.18. The Bertz CT molecular complexity index is 1160. The van der Waals surface area contributed by atoms with Gasteiger partial charge < -0.3 is 5.32 Å². The topological polar surface area (TPSA) is 72.2 Å². The molecule has 0 aliphatic heterocycles. The first-order valence-electron chi connectivity index (χ1n) is 8.07. The van der Waals surface area contributed by atoms with Crippen molar-refractivity contribution in [2.24, 2.45) is 0 Å². The smallest absolute Gasteiger partial charge is 0.278 e. The van der Waals surface area contributed by atoms with Gasteiger partial charge in [-0.15, -0.1) is 10.2 Å². The van der Waals surface area contributed by atoms with E-state index in [1.807, 2.05) is 24.3 Å². The van der Waals surface area contributed by atoms with Gasteiger partial charge in [0.2, 0.25) is 0 Å².